The molecule has 2 saturated carbocycles. The summed E-state index contributed by atoms with van der Waals surface area (Å²) in [5.41, 5.74) is 2.72. The lowest BCUT2D eigenvalue weighted by atomic mass is 9.62. The molecule has 4 saturated heterocycles. The normalized spacial score (nSPS) is 31.1. The summed E-state index contributed by atoms with van der Waals surface area (Å²) < 4.78 is 31.3. The van der Waals surface area contributed by atoms with Crippen LogP contribution < -0.4 is 5.32 Å². The van der Waals surface area contributed by atoms with Crippen LogP contribution in [0.3, 0.4) is 0 Å². The Morgan fingerprint density at radius 1 is 0.924 bits per heavy atom. The Morgan fingerprint density at radius 2 is 1.64 bits per heavy atom. The van der Waals surface area contributed by atoms with Gasteiger partial charge in [0.1, 0.15) is 41.5 Å². The summed E-state index contributed by atoms with van der Waals surface area (Å²) in [4.78, 5) is 66.0. The van der Waals surface area contributed by atoms with Crippen LogP contribution in [0.2, 0.25) is 0 Å². The van der Waals surface area contributed by atoms with Gasteiger partial charge in [-0.25, -0.2) is 0 Å². The number of aliphatic hydroxyl groups is 1. The number of amides is 2. The van der Waals surface area contributed by atoms with Gasteiger partial charge in [0.15, 0.2) is 11.8 Å². The van der Waals surface area contributed by atoms with Crippen molar-refractivity contribution in [2.75, 3.05) is 13.7 Å². The maximum Gasteiger partial charge on any atom is 0.327 e. The van der Waals surface area contributed by atoms with Crippen LogP contribution >= 0.6 is 0 Å². The van der Waals surface area contributed by atoms with E-state index in [4.69, 9.17) is 28.5 Å². The number of rotatable bonds is 14. The number of nitrogens with zero attached hydrogens (tertiary/aromatic N) is 2. The van der Waals surface area contributed by atoms with E-state index in [0.29, 0.717) is 31.0 Å². The lowest BCUT2D eigenvalue weighted by Crippen LogP contribution is -2.70. The Labute approximate surface area is 385 Å². The predicted octanol–water partition coefficient (Wildman–Crippen LogP) is 5.02. The maximum absolute atomic E-state index is 15.8. The molecule has 2 bridgehead atoms. The monoisotopic (exact) mass is 903 g/mol. The summed E-state index contributed by atoms with van der Waals surface area (Å²) >= 11 is 0. The highest BCUT2D eigenvalue weighted by molar-refractivity contribution is 5.96. The topological polar surface area (TPSA) is 166 Å². The van der Waals surface area contributed by atoms with Crippen LogP contribution in [0.25, 0.3) is 6.08 Å². The van der Waals surface area contributed by atoms with Crippen molar-refractivity contribution in [3.63, 3.8) is 0 Å². The third-order valence-corrected chi connectivity index (χ3v) is 14.7. The highest BCUT2D eigenvalue weighted by Crippen LogP contribution is 2.59. The molecule has 0 radical (unpaired) electrons. The van der Waals surface area contributed by atoms with Crippen molar-refractivity contribution >= 4 is 29.8 Å². The van der Waals surface area contributed by atoms with Crippen molar-refractivity contribution < 1.29 is 52.8 Å². The molecule has 4 aliphatic heterocycles. The summed E-state index contributed by atoms with van der Waals surface area (Å²) in [5.74, 6) is -2.58. The number of fused-ring (bicyclic) bond motifs is 6. The number of esters is 2. The fourth-order valence-corrected chi connectivity index (χ4v) is 11.4. The minimum atomic E-state index is -1.54. The zero-order valence-electron chi connectivity index (χ0n) is 38.1. The molecule has 11 atom stereocenters. The first-order chi connectivity index (χ1) is 31.7. The lowest BCUT2D eigenvalue weighted by Gasteiger charge is -2.50. The molecule has 4 heterocycles. The molecule has 6 fully saturated rings. The second-order valence-corrected chi connectivity index (χ2v) is 20.4. The van der Waals surface area contributed by atoms with Crippen molar-refractivity contribution in [2.45, 2.75) is 151 Å². The molecule has 3 aliphatic carbocycles. The minimum Gasteiger partial charge on any atom is -0.460 e. The smallest absolute Gasteiger partial charge is 0.327 e. The number of aliphatic hydroxyl groups excluding tert-OH is 1. The van der Waals surface area contributed by atoms with E-state index in [0.717, 1.165) is 47.1 Å². The van der Waals surface area contributed by atoms with Gasteiger partial charge in [-0.15, -0.1) is 0 Å². The number of epoxide rings is 1. The number of nitrogens with one attached hydrogen (secondary N) is 1. The van der Waals surface area contributed by atoms with Crippen LogP contribution in [-0.4, -0.2) is 119 Å². The second-order valence-electron chi connectivity index (χ2n) is 20.4. The van der Waals surface area contributed by atoms with E-state index in [1.165, 1.54) is 4.90 Å². The Hall–Kier alpha value is -4.96. The number of likely N-dealkylation sites (N-methyl/N-ethyl adjacent to an activating group) is 1. The fraction of sp³-hybridized carbons (Fsp3) is 0.538. The largest absolute Gasteiger partial charge is 0.460 e. The van der Waals surface area contributed by atoms with Crippen molar-refractivity contribution in [3.8, 4) is 0 Å². The molecule has 2 amide bonds. The fourth-order valence-electron chi connectivity index (χ4n) is 11.4. The quantitative estimate of drug-likeness (QED) is 0.164. The Balaban J connectivity index is 0.945. The Morgan fingerprint density at radius 3 is 2.33 bits per heavy atom. The number of hydrogen-bond donors (Lipinski definition) is 2. The molecule has 10 rings (SSSR count). The van der Waals surface area contributed by atoms with Gasteiger partial charge in [-0.05, 0) is 80.2 Å². The maximum atomic E-state index is 15.8. The number of carbonyl (C=O) groups is 4. The number of hydrogen-bond acceptors (Lipinski definition) is 12. The third kappa shape index (κ3) is 8.72. The van der Waals surface area contributed by atoms with Gasteiger partial charge in [-0.1, -0.05) is 91.0 Å². The standard InChI is InChI=1S/C52H61N3O11/c1-50(2,3)63-42(57)23-21-37(30-56)53-47(58)38(24-32-10-6-5-7-11-32)54(4)49(60)52-28-41-43-44(65-51(64-43)26-35-12-8-9-13-36(35)27-51)46(52)66-55(45(52)48(59)62-41)29-34-18-15-31(16-19-34)14-17-33-20-22-39-40(25-33)61-39/h5-19,33,37-41,43-46,56H,20-30H2,1-4H3,(H,53,58)/t33?,37-,38+,39?,40?,41+,43-,44-,45-,46+,52-/m0/s1. The molecule has 0 aromatic heterocycles. The van der Waals surface area contributed by atoms with Gasteiger partial charge in [0, 0.05) is 39.2 Å². The number of ether oxygens (including phenoxy) is 5. The molecule has 2 N–H and O–H groups in total. The molecule has 14 heteroatoms. The average molecular weight is 904 g/mol. The Bertz CT molecular complexity index is 2330. The second kappa shape index (κ2) is 17.6. The van der Waals surface area contributed by atoms with Crippen molar-refractivity contribution in [1.29, 1.82) is 0 Å². The summed E-state index contributed by atoms with van der Waals surface area (Å²) in [5, 5.41) is 14.9. The predicted molar refractivity (Wildman–Crippen MR) is 240 cm³/mol. The molecule has 66 heavy (non-hydrogen) atoms. The molecule has 3 aromatic rings. The number of hydroxylamine groups is 2. The van der Waals surface area contributed by atoms with Gasteiger partial charge >= 0.3 is 11.9 Å². The molecule has 3 aromatic carbocycles. The first-order valence-electron chi connectivity index (χ1n) is 23.6. The van der Waals surface area contributed by atoms with E-state index in [9.17, 15) is 19.5 Å². The first-order valence-corrected chi connectivity index (χ1v) is 23.6. The molecule has 14 nitrogen and oxygen atoms in total. The first kappa shape index (κ1) is 44.9. The van der Waals surface area contributed by atoms with E-state index in [1.54, 1.807) is 32.9 Å². The number of carbonyl (C=O) groups excluding carboxylic acids is 4. The Kier molecular flexibility index (Phi) is 12.0. The molecule has 1 spiro atoms. The highest BCUT2D eigenvalue weighted by atomic mass is 16.8. The molecule has 7 aliphatic rings. The van der Waals surface area contributed by atoms with Crippen molar-refractivity contribution in [1.82, 2.24) is 15.3 Å². The van der Waals surface area contributed by atoms with Crippen LogP contribution in [-0.2, 0) is 73.5 Å². The van der Waals surface area contributed by atoms with E-state index >= 15 is 4.79 Å². The van der Waals surface area contributed by atoms with Gasteiger partial charge in [0.05, 0.1) is 31.4 Å². The van der Waals surface area contributed by atoms with Crippen LogP contribution in [0.5, 0.6) is 0 Å². The van der Waals surface area contributed by atoms with E-state index in [1.807, 2.05) is 66.7 Å². The van der Waals surface area contributed by atoms with Gasteiger partial charge in [-0.3, -0.25) is 24.0 Å². The van der Waals surface area contributed by atoms with Crippen LogP contribution in [0.4, 0.5) is 0 Å². The molecular weight excluding hydrogens is 843 g/mol. The molecular formula is C52H61N3O11. The summed E-state index contributed by atoms with van der Waals surface area (Å²) in [7, 11) is 1.58. The van der Waals surface area contributed by atoms with Crippen molar-refractivity contribution in [3.05, 3.63) is 113 Å². The van der Waals surface area contributed by atoms with Crippen LogP contribution in [0, 0.1) is 11.3 Å². The van der Waals surface area contributed by atoms with E-state index < -0.39 is 89.7 Å². The zero-order valence-corrected chi connectivity index (χ0v) is 38.1. The highest BCUT2D eigenvalue weighted by Gasteiger charge is 2.77. The van der Waals surface area contributed by atoms with Crippen LogP contribution in [0.15, 0.2) is 84.9 Å². The summed E-state index contributed by atoms with van der Waals surface area (Å²) in [6.07, 6.45) is 6.60. The third-order valence-electron chi connectivity index (χ3n) is 14.7. The van der Waals surface area contributed by atoms with Crippen molar-refractivity contribution in [2.24, 2.45) is 11.3 Å². The molecule has 350 valence electrons. The SMILES string of the molecule is CN(C(=O)[C@@]12C[C@H]3OC(=O)[C@@H]1N(Cc1ccc(C=CC4CCC5OC5C4)cc1)O[C@@H]2[C@H]1OC2(Cc4ccccc4C2)O[C@H]13)[C@H](Cc1ccccc1)C(=O)N[C@H](CO)CCC(=O)OC(C)(C)C. The summed E-state index contributed by atoms with van der Waals surface area (Å²) in [6.45, 7) is 5.06. The van der Waals surface area contributed by atoms with Gasteiger partial charge in [0.2, 0.25) is 11.8 Å². The van der Waals surface area contributed by atoms with E-state index in [-0.39, 0.29) is 32.2 Å². The number of benzene rings is 3. The van der Waals surface area contributed by atoms with E-state index in [2.05, 4.69) is 29.6 Å². The average Bonchev–Trinajstić information content (AvgIpc) is 3.64. The van der Waals surface area contributed by atoms with Gasteiger partial charge in [-0.2, -0.15) is 5.06 Å². The lowest BCUT2D eigenvalue weighted by molar-refractivity contribution is -0.218. The van der Waals surface area contributed by atoms with Gasteiger partial charge in [0.25, 0.3) is 0 Å². The van der Waals surface area contributed by atoms with Gasteiger partial charge < -0.3 is 39.0 Å². The zero-order chi connectivity index (χ0) is 46.0. The minimum absolute atomic E-state index is 0.0301. The molecule has 3 unspecified atom stereocenters. The van der Waals surface area contributed by atoms with Crippen LogP contribution in [0.1, 0.15) is 87.1 Å². The number of allylic oxidation sites excluding steroid dienone is 1. The summed E-state index contributed by atoms with van der Waals surface area (Å²) in [6, 6.07) is 22.5.